The molecule has 25 heavy (non-hydrogen) atoms. The Morgan fingerprint density at radius 1 is 1.04 bits per heavy atom. The topological polar surface area (TPSA) is 35.5 Å². The molecular weight excluding hydrogens is 312 g/mol. The van der Waals surface area contributed by atoms with Gasteiger partial charge in [-0.2, -0.15) is 0 Å². The van der Waals surface area contributed by atoms with Gasteiger partial charge in [-0.15, -0.1) is 0 Å². The first-order valence-corrected chi connectivity index (χ1v) is 10.2. The second-order valence-corrected chi connectivity index (χ2v) is 10.9. The molecule has 0 spiro atoms. The summed E-state index contributed by atoms with van der Waals surface area (Å²) in [5, 5.41) is 0. The highest BCUT2D eigenvalue weighted by molar-refractivity contribution is 5.77. The van der Waals surface area contributed by atoms with E-state index in [1.165, 1.54) is 19.3 Å². The molecule has 0 aliphatic heterocycles. The molecule has 0 amide bonds. The van der Waals surface area contributed by atoms with Crippen LogP contribution in [0.25, 0.3) is 0 Å². The smallest absolute Gasteiger partial charge is 0.314 e. The van der Waals surface area contributed by atoms with Crippen molar-refractivity contribution in [1.82, 2.24) is 0 Å². The normalized spacial score (nSPS) is 30.2. The first-order valence-electron chi connectivity index (χ1n) is 10.2. The average molecular weight is 353 g/mol. The number of ether oxygens (including phenoxy) is 2. The zero-order valence-electron chi connectivity index (χ0n) is 17.8. The van der Waals surface area contributed by atoms with Gasteiger partial charge in [0, 0.05) is 6.42 Å². The Balaban J connectivity index is 2.04. The van der Waals surface area contributed by atoms with Gasteiger partial charge in [0.1, 0.15) is 0 Å². The summed E-state index contributed by atoms with van der Waals surface area (Å²) in [5.74, 6) is 1.41. The van der Waals surface area contributed by atoms with Crippen molar-refractivity contribution in [3.8, 4) is 0 Å². The molecule has 3 heteroatoms. The number of carbonyl (C=O) groups is 1. The molecule has 0 saturated heterocycles. The number of hydrogen-bond donors (Lipinski definition) is 0. The lowest BCUT2D eigenvalue weighted by molar-refractivity contribution is -0.211. The van der Waals surface area contributed by atoms with Crippen LogP contribution in [0.1, 0.15) is 93.9 Å². The highest BCUT2D eigenvalue weighted by atomic mass is 16.7. The lowest BCUT2D eigenvalue weighted by Gasteiger charge is -2.44. The van der Waals surface area contributed by atoms with Crippen LogP contribution >= 0.6 is 0 Å². The van der Waals surface area contributed by atoms with E-state index in [0.29, 0.717) is 12.0 Å². The molecule has 2 aliphatic rings. The van der Waals surface area contributed by atoms with Crippen LogP contribution < -0.4 is 0 Å². The van der Waals surface area contributed by atoms with Gasteiger partial charge in [0.2, 0.25) is 6.29 Å². The molecule has 0 heterocycles. The highest BCUT2D eigenvalue weighted by Gasteiger charge is 2.49. The number of fused-ring (bicyclic) bond motifs is 2. The molecule has 2 saturated carbocycles. The van der Waals surface area contributed by atoms with Crippen LogP contribution in [0.5, 0.6) is 0 Å². The molecule has 3 nitrogen and oxygen atoms in total. The zero-order valence-corrected chi connectivity index (χ0v) is 17.8. The van der Waals surface area contributed by atoms with Gasteiger partial charge in [0.15, 0.2) is 0 Å². The summed E-state index contributed by atoms with van der Waals surface area (Å²) in [7, 11) is 0. The standard InChI is InChI=1S/C22H40O3/c1-9-18(24-17-13-15-10-11-16(17)12-15)25-19(23)22(8,21(5,6)7)14-20(2,3)4/h15-18H,9-14H2,1-8H3. The van der Waals surface area contributed by atoms with Crippen LogP contribution in [0.3, 0.4) is 0 Å². The van der Waals surface area contributed by atoms with Gasteiger partial charge in [-0.05, 0) is 61.7 Å². The van der Waals surface area contributed by atoms with Crippen LogP contribution in [-0.4, -0.2) is 18.4 Å². The maximum atomic E-state index is 13.2. The largest absolute Gasteiger partial charge is 0.435 e. The Morgan fingerprint density at radius 2 is 1.68 bits per heavy atom. The molecule has 0 aromatic heterocycles. The second kappa shape index (κ2) is 7.21. The Labute approximate surface area is 155 Å². The number of esters is 1. The SMILES string of the molecule is CCC(OC(=O)C(C)(CC(C)(C)C)C(C)(C)C)OC1CC2CCC1C2. The summed E-state index contributed by atoms with van der Waals surface area (Å²) in [6.07, 6.45) is 6.50. The third-order valence-corrected chi connectivity index (χ3v) is 6.56. The van der Waals surface area contributed by atoms with Gasteiger partial charge in [-0.3, -0.25) is 4.79 Å². The molecular formula is C22H40O3. The third-order valence-electron chi connectivity index (χ3n) is 6.56. The summed E-state index contributed by atoms with van der Waals surface area (Å²) in [6.45, 7) is 17.1. The molecule has 2 bridgehead atoms. The fourth-order valence-electron chi connectivity index (χ4n) is 4.71. The van der Waals surface area contributed by atoms with Gasteiger partial charge in [-0.1, -0.05) is 48.5 Å². The van der Waals surface area contributed by atoms with E-state index in [4.69, 9.17) is 9.47 Å². The van der Waals surface area contributed by atoms with Crippen molar-refractivity contribution < 1.29 is 14.3 Å². The van der Waals surface area contributed by atoms with Gasteiger partial charge in [-0.25, -0.2) is 0 Å². The quantitative estimate of drug-likeness (QED) is 0.437. The Hall–Kier alpha value is -0.570. The lowest BCUT2D eigenvalue weighted by Crippen LogP contribution is -2.46. The summed E-state index contributed by atoms with van der Waals surface area (Å²) in [5.41, 5.74) is -0.632. The molecule has 0 aromatic rings. The van der Waals surface area contributed by atoms with Crippen LogP contribution in [-0.2, 0) is 14.3 Å². The van der Waals surface area contributed by atoms with E-state index < -0.39 is 11.7 Å². The van der Waals surface area contributed by atoms with Crippen LogP contribution in [0.15, 0.2) is 0 Å². The first-order chi connectivity index (χ1) is 11.4. The third kappa shape index (κ3) is 4.78. The number of rotatable bonds is 6. The van der Waals surface area contributed by atoms with Crippen molar-refractivity contribution in [3.05, 3.63) is 0 Å². The van der Waals surface area contributed by atoms with Crippen molar-refractivity contribution in [1.29, 1.82) is 0 Å². The second-order valence-electron chi connectivity index (χ2n) is 10.9. The van der Waals surface area contributed by atoms with Crippen LogP contribution in [0.2, 0.25) is 0 Å². The molecule has 146 valence electrons. The number of carbonyl (C=O) groups excluding carboxylic acids is 1. The van der Waals surface area contributed by atoms with Crippen LogP contribution in [0.4, 0.5) is 0 Å². The van der Waals surface area contributed by atoms with E-state index in [1.807, 2.05) is 6.92 Å². The maximum Gasteiger partial charge on any atom is 0.314 e. The molecule has 0 aromatic carbocycles. The lowest BCUT2D eigenvalue weighted by atomic mass is 9.61. The summed E-state index contributed by atoms with van der Waals surface area (Å²) in [6, 6.07) is 0. The molecule has 2 fully saturated rings. The van der Waals surface area contributed by atoms with E-state index >= 15 is 0 Å². The summed E-state index contributed by atoms with van der Waals surface area (Å²) >= 11 is 0. The molecule has 2 rings (SSSR count). The Kier molecular flexibility index (Phi) is 5.98. The van der Waals surface area contributed by atoms with Crippen molar-refractivity contribution >= 4 is 5.97 Å². The van der Waals surface area contributed by atoms with Crippen LogP contribution in [0, 0.1) is 28.1 Å². The van der Waals surface area contributed by atoms with E-state index in [2.05, 4.69) is 48.5 Å². The van der Waals surface area contributed by atoms with Crippen molar-refractivity contribution in [2.75, 3.05) is 0 Å². The Bertz CT molecular complexity index is 471. The first kappa shape index (κ1) is 20.7. The van der Waals surface area contributed by atoms with E-state index in [-0.39, 0.29) is 16.8 Å². The summed E-state index contributed by atoms with van der Waals surface area (Å²) < 4.78 is 12.2. The predicted octanol–water partition coefficient (Wildman–Crippen LogP) is 5.96. The van der Waals surface area contributed by atoms with Crippen molar-refractivity contribution in [2.45, 2.75) is 106 Å². The Morgan fingerprint density at radius 3 is 2.08 bits per heavy atom. The molecule has 5 unspecified atom stereocenters. The van der Waals surface area contributed by atoms with E-state index in [9.17, 15) is 4.79 Å². The van der Waals surface area contributed by atoms with Gasteiger partial charge >= 0.3 is 5.97 Å². The number of hydrogen-bond acceptors (Lipinski definition) is 3. The maximum absolute atomic E-state index is 13.2. The fraction of sp³-hybridized carbons (Fsp3) is 0.955. The van der Waals surface area contributed by atoms with Gasteiger partial charge < -0.3 is 9.47 Å². The monoisotopic (exact) mass is 352 g/mol. The molecule has 5 atom stereocenters. The molecule has 0 radical (unpaired) electrons. The van der Waals surface area contributed by atoms with Crippen molar-refractivity contribution in [3.63, 3.8) is 0 Å². The summed E-state index contributed by atoms with van der Waals surface area (Å²) in [4.78, 5) is 13.2. The van der Waals surface area contributed by atoms with Gasteiger partial charge in [0.25, 0.3) is 0 Å². The average Bonchev–Trinajstić information content (AvgIpc) is 3.05. The van der Waals surface area contributed by atoms with Gasteiger partial charge in [0.05, 0.1) is 11.5 Å². The molecule has 0 N–H and O–H groups in total. The van der Waals surface area contributed by atoms with E-state index in [0.717, 1.165) is 25.2 Å². The minimum atomic E-state index is -0.531. The minimum absolute atomic E-state index is 0.0637. The highest BCUT2D eigenvalue weighted by Crippen LogP contribution is 2.49. The predicted molar refractivity (Wildman–Crippen MR) is 102 cm³/mol. The van der Waals surface area contributed by atoms with Crippen molar-refractivity contribution in [2.24, 2.45) is 28.1 Å². The zero-order chi connectivity index (χ0) is 19.0. The minimum Gasteiger partial charge on any atom is -0.435 e. The van der Waals surface area contributed by atoms with E-state index in [1.54, 1.807) is 0 Å². The fourth-order valence-corrected chi connectivity index (χ4v) is 4.71. The molecule has 2 aliphatic carbocycles.